The summed E-state index contributed by atoms with van der Waals surface area (Å²) < 4.78 is 0. The van der Waals surface area contributed by atoms with Crippen LogP contribution in [-0.2, 0) is 0 Å². The summed E-state index contributed by atoms with van der Waals surface area (Å²) in [6, 6.07) is 0. The van der Waals surface area contributed by atoms with Crippen molar-refractivity contribution in [2.75, 3.05) is 17.3 Å². The van der Waals surface area contributed by atoms with E-state index in [2.05, 4.69) is 18.2 Å². The lowest BCUT2D eigenvalue weighted by atomic mass is 10.0. The van der Waals surface area contributed by atoms with Gasteiger partial charge in [-0.2, -0.15) is 11.8 Å². The van der Waals surface area contributed by atoms with Crippen LogP contribution in [0.5, 0.6) is 0 Å². The van der Waals surface area contributed by atoms with Gasteiger partial charge < -0.3 is 0 Å². The maximum atomic E-state index is 2.33. The molecule has 0 nitrogen and oxygen atoms in total. The van der Waals surface area contributed by atoms with E-state index in [1.54, 1.807) is 28.4 Å². The lowest BCUT2D eigenvalue weighted by Gasteiger charge is -2.17. The predicted octanol–water partition coefficient (Wildman–Crippen LogP) is 2.39. The van der Waals surface area contributed by atoms with E-state index in [9.17, 15) is 0 Å². The van der Waals surface area contributed by atoms with Gasteiger partial charge in [0, 0.05) is 5.92 Å². The van der Waals surface area contributed by atoms with Gasteiger partial charge in [0.15, 0.2) is 0 Å². The monoisotopic (exact) mass is 186 g/mol. The molecule has 0 N–H and O–H groups in total. The summed E-state index contributed by atoms with van der Waals surface area (Å²) in [6.07, 6.45) is 8.16. The van der Waals surface area contributed by atoms with E-state index in [1.165, 1.54) is 23.7 Å². The first-order valence-electron chi connectivity index (χ1n) is 4.14. The van der Waals surface area contributed by atoms with Crippen molar-refractivity contribution >= 4 is 23.5 Å². The third-order valence-electron chi connectivity index (χ3n) is 2.14. The van der Waals surface area contributed by atoms with Crippen LogP contribution in [0.3, 0.4) is 0 Å². The lowest BCUT2D eigenvalue weighted by molar-refractivity contribution is 0.738. The second-order valence-corrected chi connectivity index (χ2v) is 5.50. The van der Waals surface area contributed by atoms with Crippen molar-refractivity contribution in [3.8, 4) is 0 Å². The molecule has 0 aromatic rings. The fraction of sp³-hybridized carbons (Fsp3) is 0.556. The first kappa shape index (κ1) is 7.81. The van der Waals surface area contributed by atoms with Crippen molar-refractivity contribution in [1.29, 1.82) is 0 Å². The molecule has 1 atom stereocenters. The summed E-state index contributed by atoms with van der Waals surface area (Å²) in [5, 5.41) is 0. The van der Waals surface area contributed by atoms with Gasteiger partial charge in [-0.25, -0.2) is 11.8 Å². The molecule has 62 valence electrons. The largest absolute Gasteiger partial charge is 0.223 e. The fourth-order valence-electron chi connectivity index (χ4n) is 1.51. The van der Waals surface area contributed by atoms with Crippen molar-refractivity contribution in [2.45, 2.75) is 6.42 Å². The van der Waals surface area contributed by atoms with E-state index in [0.29, 0.717) is 0 Å². The van der Waals surface area contributed by atoms with Crippen molar-refractivity contribution in [2.24, 2.45) is 5.92 Å². The van der Waals surface area contributed by atoms with Crippen LogP contribution in [0.4, 0.5) is 0 Å². The molecule has 1 aliphatic heterocycles. The van der Waals surface area contributed by atoms with Gasteiger partial charge in [-0.05, 0) is 28.6 Å². The van der Waals surface area contributed by atoms with Crippen LogP contribution >= 0.6 is 23.5 Å². The summed E-state index contributed by atoms with van der Waals surface area (Å²) in [4.78, 5) is 1.69. The van der Waals surface area contributed by atoms with Gasteiger partial charge >= 0.3 is 0 Å². The molecule has 1 heterocycles. The number of hydrogen-bond acceptors (Lipinski definition) is 0. The molecule has 1 fully saturated rings. The minimum absolute atomic E-state index is 0.894. The standard InChI is InChI=1S/C9H14S2/c1-2-4-9-8(3-1)7-10-5-6-11-9/h1-2,4,8,10-11H,3,5-7H2. The van der Waals surface area contributed by atoms with Crippen LogP contribution in [-0.4, -0.2) is 17.3 Å². The molecule has 1 unspecified atom stereocenters. The molecular weight excluding hydrogens is 172 g/mol. The van der Waals surface area contributed by atoms with Crippen molar-refractivity contribution < 1.29 is 0 Å². The summed E-state index contributed by atoms with van der Waals surface area (Å²) >= 11 is 3.27. The molecule has 0 aromatic carbocycles. The van der Waals surface area contributed by atoms with Crippen LogP contribution in [0.15, 0.2) is 23.1 Å². The quantitative estimate of drug-likeness (QED) is 0.533. The Balaban J connectivity index is 2.11. The molecule has 0 bridgehead atoms. The minimum atomic E-state index is 0.894. The van der Waals surface area contributed by atoms with Crippen LogP contribution in [0.2, 0.25) is 0 Å². The minimum Gasteiger partial charge on any atom is -0.223 e. The highest BCUT2D eigenvalue weighted by Crippen LogP contribution is 2.35. The van der Waals surface area contributed by atoms with Crippen LogP contribution in [0.25, 0.3) is 0 Å². The van der Waals surface area contributed by atoms with Crippen LogP contribution < -0.4 is 0 Å². The van der Waals surface area contributed by atoms with Gasteiger partial charge in [0.25, 0.3) is 0 Å². The van der Waals surface area contributed by atoms with E-state index in [4.69, 9.17) is 0 Å². The second kappa shape index (κ2) is 3.72. The molecule has 1 saturated heterocycles. The summed E-state index contributed by atoms with van der Waals surface area (Å²) in [5.74, 6) is 5.10. The molecule has 2 radical (unpaired) electrons. The van der Waals surface area contributed by atoms with E-state index >= 15 is 0 Å². The SMILES string of the molecule is C1=CCC2C[SH]CC[SH]C2=C1. The summed E-state index contributed by atoms with van der Waals surface area (Å²) in [7, 11) is 0. The molecular formula is C9H14S2. The zero-order chi connectivity index (χ0) is 7.52. The Bertz CT molecular complexity index is 194. The smallest absolute Gasteiger partial charge is 0.000337 e. The molecule has 2 aliphatic rings. The Morgan fingerprint density at radius 1 is 1.36 bits per heavy atom. The van der Waals surface area contributed by atoms with E-state index in [-0.39, 0.29) is 0 Å². The topological polar surface area (TPSA) is 0 Å². The Labute approximate surface area is 76.5 Å². The Kier molecular flexibility index (Phi) is 2.64. The van der Waals surface area contributed by atoms with E-state index in [0.717, 1.165) is 5.92 Å². The molecule has 2 rings (SSSR count). The Hall–Kier alpha value is 0.180. The highest BCUT2D eigenvalue weighted by atomic mass is 32.2. The molecule has 0 amide bonds. The van der Waals surface area contributed by atoms with Crippen molar-refractivity contribution in [3.05, 3.63) is 23.1 Å². The molecule has 0 spiro atoms. The van der Waals surface area contributed by atoms with E-state index in [1.807, 2.05) is 0 Å². The number of thiol groups is 2. The summed E-state index contributed by atoms with van der Waals surface area (Å²) in [5.41, 5.74) is 0. The highest BCUT2D eigenvalue weighted by Gasteiger charge is 2.16. The van der Waals surface area contributed by atoms with Gasteiger partial charge in [-0.1, -0.05) is 18.2 Å². The zero-order valence-electron chi connectivity index (χ0n) is 6.53. The number of hydrogen-bond donors (Lipinski definition) is 2. The Morgan fingerprint density at radius 2 is 2.36 bits per heavy atom. The first-order chi connectivity index (χ1) is 5.47. The van der Waals surface area contributed by atoms with Gasteiger partial charge in [-0.3, -0.25) is 0 Å². The average molecular weight is 186 g/mol. The normalized spacial score (nSPS) is 30.5. The molecule has 0 aromatic heterocycles. The van der Waals surface area contributed by atoms with E-state index < -0.39 is 0 Å². The number of rotatable bonds is 0. The maximum absolute atomic E-state index is 2.33. The lowest BCUT2D eigenvalue weighted by Crippen LogP contribution is -2.04. The third kappa shape index (κ3) is 1.85. The first-order valence-corrected chi connectivity index (χ1v) is 6.49. The van der Waals surface area contributed by atoms with Gasteiger partial charge in [-0.15, -0.1) is 0 Å². The third-order valence-corrected chi connectivity index (χ3v) is 5.06. The second-order valence-electron chi connectivity index (χ2n) is 2.96. The number of allylic oxidation sites excluding steroid dienone is 4. The molecule has 11 heavy (non-hydrogen) atoms. The van der Waals surface area contributed by atoms with Gasteiger partial charge in [0.1, 0.15) is 0 Å². The zero-order valence-corrected chi connectivity index (χ0v) is 8.32. The maximum Gasteiger partial charge on any atom is 0.000337 e. The van der Waals surface area contributed by atoms with Crippen molar-refractivity contribution in [1.82, 2.24) is 0 Å². The molecule has 0 saturated carbocycles. The molecule has 1 aliphatic carbocycles. The van der Waals surface area contributed by atoms with Crippen molar-refractivity contribution in [3.63, 3.8) is 0 Å². The van der Waals surface area contributed by atoms with Crippen LogP contribution in [0.1, 0.15) is 6.42 Å². The average Bonchev–Trinajstić information content (AvgIpc) is 2.28. The number of fused-ring (bicyclic) bond motifs is 1. The van der Waals surface area contributed by atoms with Crippen LogP contribution in [0, 0.1) is 5.92 Å². The summed E-state index contributed by atoms with van der Waals surface area (Å²) in [6.45, 7) is 0. The fourth-order valence-corrected chi connectivity index (χ4v) is 4.37. The predicted molar refractivity (Wildman–Crippen MR) is 57.9 cm³/mol. The van der Waals surface area contributed by atoms with Gasteiger partial charge in [0.05, 0.1) is 0 Å². The molecule has 2 heteroatoms. The van der Waals surface area contributed by atoms with Gasteiger partial charge in [0.2, 0.25) is 0 Å². The Morgan fingerprint density at radius 3 is 3.36 bits per heavy atom. The highest BCUT2D eigenvalue weighted by molar-refractivity contribution is 8.05.